The molecule has 0 saturated carbocycles. The van der Waals surface area contributed by atoms with Crippen LogP contribution in [0.2, 0.25) is 10.4 Å². The summed E-state index contributed by atoms with van der Waals surface area (Å²) in [6, 6.07) is 0. The van der Waals surface area contributed by atoms with Gasteiger partial charge in [-0.25, -0.2) is 14.4 Å². The molecule has 0 aliphatic carbocycles. The number of anilines is 1. The molecule has 2 aromatic heterocycles. The molecule has 0 bridgehead atoms. The van der Waals surface area contributed by atoms with Crippen molar-refractivity contribution < 1.29 is 9.50 Å². The van der Waals surface area contributed by atoms with E-state index in [1.165, 1.54) is 6.20 Å². The molecule has 3 rings (SSSR count). The molecule has 0 aromatic carbocycles. The lowest BCUT2D eigenvalue weighted by molar-refractivity contribution is 0.198. The average molecular weight is 303 g/mol. The van der Waals surface area contributed by atoms with Crippen molar-refractivity contribution in [2.45, 2.75) is 12.5 Å². The van der Waals surface area contributed by atoms with Crippen LogP contribution in [0.5, 0.6) is 0 Å². The number of pyridine rings is 1. The predicted octanol–water partition coefficient (Wildman–Crippen LogP) is 2.04. The number of hydrogen-bond donors (Lipinski definition) is 1. The number of β-amino-alcohol motifs (C(OH)–C–C–N with tert-alkyl or cyclic N) is 1. The Morgan fingerprint density at radius 1 is 1.37 bits per heavy atom. The number of aromatic nitrogens is 3. The maximum absolute atomic E-state index is 13.9. The van der Waals surface area contributed by atoms with E-state index >= 15 is 0 Å². The van der Waals surface area contributed by atoms with Crippen molar-refractivity contribution in [1.82, 2.24) is 15.0 Å². The molecule has 1 aliphatic rings. The second kappa shape index (κ2) is 4.70. The van der Waals surface area contributed by atoms with Gasteiger partial charge in [-0.1, -0.05) is 11.6 Å². The molecule has 5 nitrogen and oxygen atoms in total. The van der Waals surface area contributed by atoms with Crippen LogP contribution in [0.1, 0.15) is 6.42 Å². The molecule has 1 N–H and O–H groups in total. The maximum Gasteiger partial charge on any atom is 0.225 e. The summed E-state index contributed by atoms with van der Waals surface area (Å²) in [6.45, 7) is 1.04. The molecular formula is C11H9Cl2FN4O. The van der Waals surface area contributed by atoms with Gasteiger partial charge in [-0.15, -0.1) is 0 Å². The Morgan fingerprint density at radius 2 is 2.16 bits per heavy atom. The lowest BCUT2D eigenvalue weighted by atomic mass is 10.3. The molecule has 8 heteroatoms. The van der Waals surface area contributed by atoms with E-state index in [-0.39, 0.29) is 16.0 Å². The lowest BCUT2D eigenvalue weighted by Crippen LogP contribution is -2.23. The molecule has 0 amide bonds. The van der Waals surface area contributed by atoms with Crippen LogP contribution in [-0.2, 0) is 0 Å². The fourth-order valence-electron chi connectivity index (χ4n) is 2.17. The third-order valence-corrected chi connectivity index (χ3v) is 3.49. The van der Waals surface area contributed by atoms with Crippen molar-refractivity contribution in [3.63, 3.8) is 0 Å². The second-order valence-corrected chi connectivity index (χ2v) is 5.03. The highest BCUT2D eigenvalue weighted by Crippen LogP contribution is 2.30. The number of aliphatic hydroxyl groups is 1. The Balaban J connectivity index is 2.21. The van der Waals surface area contributed by atoms with Crippen molar-refractivity contribution in [1.29, 1.82) is 0 Å². The second-order valence-electron chi connectivity index (χ2n) is 4.33. The van der Waals surface area contributed by atoms with Crippen LogP contribution >= 0.6 is 23.2 Å². The van der Waals surface area contributed by atoms with Crippen molar-refractivity contribution in [3.8, 4) is 0 Å². The monoisotopic (exact) mass is 302 g/mol. The lowest BCUT2D eigenvalue weighted by Gasteiger charge is -2.18. The summed E-state index contributed by atoms with van der Waals surface area (Å²) >= 11 is 11.5. The van der Waals surface area contributed by atoms with Gasteiger partial charge in [-0.2, -0.15) is 4.98 Å². The number of nitrogens with zero attached hydrogens (tertiary/aromatic N) is 4. The Kier molecular flexibility index (Phi) is 3.16. The minimum atomic E-state index is -0.718. The Hall–Kier alpha value is -1.24. The van der Waals surface area contributed by atoms with Crippen LogP contribution in [-0.4, -0.2) is 39.3 Å². The first-order valence-electron chi connectivity index (χ1n) is 5.66. The number of halogens is 3. The van der Waals surface area contributed by atoms with Crippen LogP contribution in [0.4, 0.5) is 10.2 Å². The van der Waals surface area contributed by atoms with E-state index in [4.69, 9.17) is 23.2 Å². The normalized spacial score (nSPS) is 19.4. The van der Waals surface area contributed by atoms with Gasteiger partial charge in [0.1, 0.15) is 11.3 Å². The van der Waals surface area contributed by atoms with Gasteiger partial charge in [0, 0.05) is 19.3 Å². The first-order chi connectivity index (χ1) is 9.06. The van der Waals surface area contributed by atoms with Gasteiger partial charge in [0.15, 0.2) is 11.0 Å². The zero-order chi connectivity index (χ0) is 13.6. The Labute approximate surface area is 118 Å². The fourth-order valence-corrected chi connectivity index (χ4v) is 2.47. The zero-order valence-electron chi connectivity index (χ0n) is 9.65. The Bertz CT molecular complexity index is 654. The van der Waals surface area contributed by atoms with Crippen molar-refractivity contribution in [2.24, 2.45) is 0 Å². The first kappa shape index (κ1) is 12.8. The highest BCUT2D eigenvalue weighted by atomic mass is 35.5. The number of fused-ring (bicyclic) bond motifs is 1. The highest BCUT2D eigenvalue weighted by Gasteiger charge is 2.25. The third-order valence-electron chi connectivity index (χ3n) is 3.06. The first-order valence-corrected chi connectivity index (χ1v) is 6.42. The van der Waals surface area contributed by atoms with E-state index in [0.717, 1.165) is 0 Å². The maximum atomic E-state index is 13.9. The van der Waals surface area contributed by atoms with Crippen LogP contribution < -0.4 is 4.90 Å². The molecular weight excluding hydrogens is 294 g/mol. The van der Waals surface area contributed by atoms with E-state index in [0.29, 0.717) is 30.7 Å². The van der Waals surface area contributed by atoms with E-state index in [2.05, 4.69) is 15.0 Å². The van der Waals surface area contributed by atoms with E-state index < -0.39 is 11.9 Å². The molecule has 19 heavy (non-hydrogen) atoms. The van der Waals surface area contributed by atoms with Crippen LogP contribution in [0, 0.1) is 5.82 Å². The van der Waals surface area contributed by atoms with Gasteiger partial charge >= 0.3 is 0 Å². The van der Waals surface area contributed by atoms with Crippen molar-refractivity contribution >= 4 is 39.9 Å². The smallest absolute Gasteiger partial charge is 0.225 e. The minimum absolute atomic E-state index is 0.0383. The summed E-state index contributed by atoms with van der Waals surface area (Å²) in [5.74, 6) is -0.251. The molecule has 1 aliphatic heterocycles. The van der Waals surface area contributed by atoms with Gasteiger partial charge in [0.05, 0.1) is 11.5 Å². The summed E-state index contributed by atoms with van der Waals surface area (Å²) in [5, 5.41) is 9.68. The Morgan fingerprint density at radius 3 is 2.84 bits per heavy atom. The summed E-state index contributed by atoms with van der Waals surface area (Å²) < 4.78 is 13.9. The standard InChI is InChI=1S/C11H9Cl2FN4O/c12-9-7(14)8-6(3-15-9)10(17-11(13)16-8)18-2-1-5(19)4-18/h3,5,19H,1-2,4H2/t5-/m1/s1. The van der Waals surface area contributed by atoms with E-state index in [1.807, 2.05) is 4.90 Å². The molecule has 3 heterocycles. The molecule has 0 radical (unpaired) electrons. The molecule has 1 saturated heterocycles. The molecule has 1 fully saturated rings. The SMILES string of the molecule is O[C@@H]1CCN(c2nc(Cl)nc3c(F)c(Cl)ncc23)C1. The van der Waals surface area contributed by atoms with Gasteiger partial charge in [-0.3, -0.25) is 0 Å². The predicted molar refractivity (Wildman–Crippen MR) is 70.1 cm³/mol. The van der Waals surface area contributed by atoms with Gasteiger partial charge in [-0.05, 0) is 18.0 Å². The zero-order valence-corrected chi connectivity index (χ0v) is 11.2. The molecule has 0 spiro atoms. The summed E-state index contributed by atoms with van der Waals surface area (Å²) in [5.41, 5.74) is 0.0383. The number of aliphatic hydroxyl groups excluding tert-OH is 1. The third kappa shape index (κ3) is 2.20. The summed E-state index contributed by atoms with van der Waals surface area (Å²) in [7, 11) is 0. The molecule has 1 atom stereocenters. The van der Waals surface area contributed by atoms with Gasteiger partial charge in [0.2, 0.25) is 5.28 Å². The van der Waals surface area contributed by atoms with Crippen LogP contribution in [0.15, 0.2) is 6.20 Å². The van der Waals surface area contributed by atoms with E-state index in [9.17, 15) is 9.50 Å². The number of rotatable bonds is 1. The van der Waals surface area contributed by atoms with E-state index in [1.54, 1.807) is 0 Å². The average Bonchev–Trinajstić information content (AvgIpc) is 2.80. The molecule has 100 valence electrons. The summed E-state index contributed by atoms with van der Waals surface area (Å²) in [6.07, 6.45) is 1.62. The summed E-state index contributed by atoms with van der Waals surface area (Å²) in [4.78, 5) is 13.6. The fraction of sp³-hybridized carbons (Fsp3) is 0.364. The highest BCUT2D eigenvalue weighted by molar-refractivity contribution is 6.30. The van der Waals surface area contributed by atoms with Crippen LogP contribution in [0.25, 0.3) is 10.9 Å². The van der Waals surface area contributed by atoms with Gasteiger partial charge in [0.25, 0.3) is 0 Å². The quantitative estimate of drug-likeness (QED) is 0.645. The molecule has 2 aromatic rings. The van der Waals surface area contributed by atoms with Crippen molar-refractivity contribution in [2.75, 3.05) is 18.0 Å². The minimum Gasteiger partial charge on any atom is -0.391 e. The largest absolute Gasteiger partial charge is 0.391 e. The van der Waals surface area contributed by atoms with Crippen molar-refractivity contribution in [3.05, 3.63) is 22.5 Å². The topological polar surface area (TPSA) is 62.1 Å². The van der Waals surface area contributed by atoms with Gasteiger partial charge < -0.3 is 10.0 Å². The number of hydrogen-bond acceptors (Lipinski definition) is 5. The molecule has 0 unspecified atom stereocenters. The van der Waals surface area contributed by atoms with Crippen LogP contribution in [0.3, 0.4) is 0 Å².